The fraction of sp³-hybridized carbons (Fsp3) is 0.333. The average molecular weight is 374 g/mol. The molecule has 0 radical (unpaired) electrons. The molecule has 136 valence electrons. The van der Waals surface area contributed by atoms with E-state index in [1.807, 2.05) is 30.3 Å². The molecule has 0 unspecified atom stereocenters. The number of carboxylic acid groups (broad SMARTS) is 1. The van der Waals surface area contributed by atoms with E-state index in [0.717, 1.165) is 28.6 Å². The lowest BCUT2D eigenvalue weighted by Crippen LogP contribution is -2.51. The molecule has 0 spiro atoms. The number of piperidine rings is 1. The van der Waals surface area contributed by atoms with Gasteiger partial charge >= 0.3 is 5.97 Å². The molecule has 2 heterocycles. The molecular formula is C18H18N2O5S. The predicted octanol–water partition coefficient (Wildman–Crippen LogP) is 2.19. The van der Waals surface area contributed by atoms with Crippen LogP contribution in [0.1, 0.15) is 24.8 Å². The summed E-state index contributed by atoms with van der Waals surface area (Å²) in [6.07, 6.45) is 3.45. The molecule has 2 aliphatic heterocycles. The van der Waals surface area contributed by atoms with Gasteiger partial charge in [0.05, 0.1) is 4.91 Å². The maximum atomic E-state index is 12.5. The average Bonchev–Trinajstić information content (AvgIpc) is 2.90. The zero-order valence-corrected chi connectivity index (χ0v) is 14.8. The minimum Gasteiger partial charge on any atom is -0.480 e. The first-order valence-corrected chi connectivity index (χ1v) is 9.11. The van der Waals surface area contributed by atoms with Gasteiger partial charge in [0.15, 0.2) is 0 Å². The first kappa shape index (κ1) is 18.2. The number of hydrogen-bond donors (Lipinski definition) is 1. The lowest BCUT2D eigenvalue weighted by molar-refractivity contribution is -0.152. The van der Waals surface area contributed by atoms with Gasteiger partial charge in [-0.2, -0.15) is 0 Å². The summed E-state index contributed by atoms with van der Waals surface area (Å²) in [5.41, 5.74) is 0.784. The van der Waals surface area contributed by atoms with Crippen LogP contribution >= 0.6 is 11.8 Å². The summed E-state index contributed by atoms with van der Waals surface area (Å²) >= 11 is 0.784. The fourth-order valence-electron chi connectivity index (χ4n) is 3.05. The van der Waals surface area contributed by atoms with Gasteiger partial charge in [-0.15, -0.1) is 0 Å². The van der Waals surface area contributed by atoms with E-state index in [-0.39, 0.29) is 4.91 Å². The van der Waals surface area contributed by atoms with Crippen LogP contribution in [-0.4, -0.2) is 57.1 Å². The first-order chi connectivity index (χ1) is 12.5. The Bertz CT molecular complexity index is 777. The van der Waals surface area contributed by atoms with Crippen LogP contribution in [0.15, 0.2) is 35.2 Å². The Hall–Kier alpha value is -2.61. The Labute approximate surface area is 154 Å². The van der Waals surface area contributed by atoms with Gasteiger partial charge in [-0.3, -0.25) is 19.3 Å². The third-order valence-electron chi connectivity index (χ3n) is 4.37. The summed E-state index contributed by atoms with van der Waals surface area (Å²) < 4.78 is 0. The third-order valence-corrected chi connectivity index (χ3v) is 5.28. The van der Waals surface area contributed by atoms with Crippen molar-refractivity contribution in [2.75, 3.05) is 13.1 Å². The molecule has 1 aromatic carbocycles. The molecule has 2 aliphatic rings. The number of benzene rings is 1. The summed E-state index contributed by atoms with van der Waals surface area (Å²) in [5.74, 6) is -2.10. The Morgan fingerprint density at radius 1 is 1.19 bits per heavy atom. The molecule has 3 rings (SSSR count). The zero-order chi connectivity index (χ0) is 18.7. The molecule has 1 atom stereocenters. The number of likely N-dealkylation sites (tertiary alicyclic amines) is 1. The van der Waals surface area contributed by atoms with Gasteiger partial charge in [0.25, 0.3) is 11.1 Å². The van der Waals surface area contributed by atoms with Crippen molar-refractivity contribution in [3.8, 4) is 0 Å². The summed E-state index contributed by atoms with van der Waals surface area (Å²) in [5, 5.41) is 8.75. The number of amides is 3. The van der Waals surface area contributed by atoms with Gasteiger partial charge < -0.3 is 10.0 Å². The molecule has 2 saturated heterocycles. The van der Waals surface area contributed by atoms with Crippen LogP contribution in [0.4, 0.5) is 4.79 Å². The van der Waals surface area contributed by atoms with E-state index in [0.29, 0.717) is 19.4 Å². The van der Waals surface area contributed by atoms with E-state index in [2.05, 4.69) is 0 Å². The molecule has 0 aromatic heterocycles. The van der Waals surface area contributed by atoms with Gasteiger partial charge in [-0.1, -0.05) is 30.3 Å². The smallest absolute Gasteiger partial charge is 0.326 e. The normalized spacial score (nSPS) is 22.2. The number of carbonyl (C=O) groups excluding carboxylic acids is 3. The van der Waals surface area contributed by atoms with E-state index >= 15 is 0 Å². The van der Waals surface area contributed by atoms with Crippen LogP contribution in [0, 0.1) is 0 Å². The molecule has 0 bridgehead atoms. The van der Waals surface area contributed by atoms with Crippen molar-refractivity contribution in [3.05, 3.63) is 40.8 Å². The SMILES string of the molecule is O=C(O)[C@@H]1CCCCN1C(=O)CN1C(=O)S/C(=C/c2ccccc2)C1=O. The van der Waals surface area contributed by atoms with Gasteiger partial charge in [0.2, 0.25) is 5.91 Å². The minimum absolute atomic E-state index is 0.252. The number of carboxylic acids is 1. The van der Waals surface area contributed by atoms with Crippen molar-refractivity contribution in [1.29, 1.82) is 0 Å². The molecule has 2 fully saturated rings. The second-order valence-corrected chi connectivity index (χ2v) is 7.11. The lowest BCUT2D eigenvalue weighted by Gasteiger charge is -2.33. The molecular weight excluding hydrogens is 356 g/mol. The fourth-order valence-corrected chi connectivity index (χ4v) is 3.89. The first-order valence-electron chi connectivity index (χ1n) is 8.30. The molecule has 1 aromatic rings. The second kappa shape index (κ2) is 7.74. The third kappa shape index (κ3) is 3.80. The quantitative estimate of drug-likeness (QED) is 0.812. The number of thioether (sulfide) groups is 1. The maximum Gasteiger partial charge on any atom is 0.326 e. The van der Waals surface area contributed by atoms with E-state index in [4.69, 9.17) is 0 Å². The van der Waals surface area contributed by atoms with Gasteiger partial charge in [0, 0.05) is 6.54 Å². The van der Waals surface area contributed by atoms with Crippen molar-refractivity contribution >= 4 is 40.9 Å². The number of rotatable bonds is 4. The number of hydrogen-bond acceptors (Lipinski definition) is 5. The summed E-state index contributed by atoms with van der Waals surface area (Å²) in [7, 11) is 0. The zero-order valence-electron chi connectivity index (χ0n) is 14.0. The predicted molar refractivity (Wildman–Crippen MR) is 96.1 cm³/mol. The summed E-state index contributed by atoms with van der Waals surface area (Å²) in [6, 6.07) is 8.22. The molecule has 26 heavy (non-hydrogen) atoms. The standard InChI is InChI=1S/C18H18N2O5S/c21-15(19-9-5-4-8-13(19)17(23)24)11-20-16(22)14(26-18(20)25)10-12-6-2-1-3-7-12/h1-3,6-7,10,13H,4-5,8-9,11H2,(H,23,24)/b14-10+/t13-/m0/s1. The number of carbonyl (C=O) groups is 4. The topological polar surface area (TPSA) is 95.0 Å². The highest BCUT2D eigenvalue weighted by molar-refractivity contribution is 8.18. The highest BCUT2D eigenvalue weighted by Gasteiger charge is 2.39. The maximum absolute atomic E-state index is 12.5. The largest absolute Gasteiger partial charge is 0.480 e. The van der Waals surface area contributed by atoms with Gasteiger partial charge in [-0.25, -0.2) is 4.79 Å². The molecule has 8 heteroatoms. The Morgan fingerprint density at radius 2 is 1.92 bits per heavy atom. The van der Waals surface area contributed by atoms with Crippen molar-refractivity contribution < 1.29 is 24.3 Å². The van der Waals surface area contributed by atoms with Crippen LogP contribution in [-0.2, 0) is 14.4 Å². The van der Waals surface area contributed by atoms with E-state index in [1.165, 1.54) is 4.90 Å². The molecule has 7 nitrogen and oxygen atoms in total. The molecule has 0 aliphatic carbocycles. The van der Waals surface area contributed by atoms with Crippen LogP contribution in [0.5, 0.6) is 0 Å². The van der Waals surface area contributed by atoms with Crippen molar-refractivity contribution in [1.82, 2.24) is 9.80 Å². The molecule has 3 amide bonds. The summed E-state index contributed by atoms with van der Waals surface area (Å²) in [4.78, 5) is 50.9. The molecule has 0 saturated carbocycles. The van der Waals surface area contributed by atoms with Crippen LogP contribution < -0.4 is 0 Å². The highest BCUT2D eigenvalue weighted by Crippen LogP contribution is 2.32. The second-order valence-electron chi connectivity index (χ2n) is 6.12. The van der Waals surface area contributed by atoms with Crippen molar-refractivity contribution in [2.24, 2.45) is 0 Å². The van der Waals surface area contributed by atoms with Crippen molar-refractivity contribution in [2.45, 2.75) is 25.3 Å². The monoisotopic (exact) mass is 374 g/mol. The van der Waals surface area contributed by atoms with Crippen LogP contribution in [0.3, 0.4) is 0 Å². The van der Waals surface area contributed by atoms with E-state index in [1.54, 1.807) is 6.08 Å². The Balaban J connectivity index is 1.72. The minimum atomic E-state index is -1.06. The van der Waals surface area contributed by atoms with Crippen molar-refractivity contribution in [3.63, 3.8) is 0 Å². The highest BCUT2D eigenvalue weighted by atomic mass is 32.2. The summed E-state index contributed by atoms with van der Waals surface area (Å²) in [6.45, 7) is -0.105. The number of imide groups is 1. The lowest BCUT2D eigenvalue weighted by atomic mass is 10.0. The van der Waals surface area contributed by atoms with Crippen LogP contribution in [0.25, 0.3) is 6.08 Å². The van der Waals surface area contributed by atoms with Gasteiger partial charge in [0.1, 0.15) is 12.6 Å². The van der Waals surface area contributed by atoms with Crippen LogP contribution in [0.2, 0.25) is 0 Å². The number of aliphatic carboxylic acids is 1. The number of nitrogens with zero attached hydrogens (tertiary/aromatic N) is 2. The molecule has 1 N–H and O–H groups in total. The van der Waals surface area contributed by atoms with E-state index in [9.17, 15) is 24.3 Å². The Kier molecular flexibility index (Phi) is 5.41. The Morgan fingerprint density at radius 3 is 2.62 bits per heavy atom. The van der Waals surface area contributed by atoms with E-state index < -0.39 is 35.6 Å². The van der Waals surface area contributed by atoms with Gasteiger partial charge in [-0.05, 0) is 42.7 Å².